The van der Waals surface area contributed by atoms with Gasteiger partial charge < -0.3 is 5.11 Å². The summed E-state index contributed by atoms with van der Waals surface area (Å²) in [6.45, 7) is 4.65. The SMILES string of the molecule is CC(C)CCCNS(=O)(=O)CCCO. The lowest BCUT2D eigenvalue weighted by molar-refractivity contribution is 0.295. The molecule has 0 aromatic carbocycles. The van der Waals surface area contributed by atoms with Crippen molar-refractivity contribution >= 4 is 10.0 Å². The summed E-state index contributed by atoms with van der Waals surface area (Å²) in [6.07, 6.45) is 2.21. The number of sulfonamides is 1. The minimum absolute atomic E-state index is 0.0190. The van der Waals surface area contributed by atoms with Crippen LogP contribution in [0.1, 0.15) is 33.1 Å². The Balaban J connectivity index is 3.56. The number of rotatable bonds is 8. The topological polar surface area (TPSA) is 66.4 Å². The molecule has 0 saturated carbocycles. The summed E-state index contributed by atoms with van der Waals surface area (Å²) in [6, 6.07) is 0. The molecular formula is C9H21NO3S. The van der Waals surface area contributed by atoms with E-state index >= 15 is 0 Å². The fourth-order valence-corrected chi connectivity index (χ4v) is 2.17. The van der Waals surface area contributed by atoms with Crippen LogP contribution in [0.15, 0.2) is 0 Å². The number of nitrogens with one attached hydrogen (secondary N) is 1. The van der Waals surface area contributed by atoms with Gasteiger partial charge in [0.1, 0.15) is 0 Å². The summed E-state index contributed by atoms with van der Waals surface area (Å²) in [5, 5.41) is 8.48. The Morgan fingerprint density at radius 1 is 1.29 bits per heavy atom. The Morgan fingerprint density at radius 3 is 2.43 bits per heavy atom. The standard InChI is InChI=1S/C9H21NO3S/c1-9(2)5-3-6-10-14(12,13)8-4-7-11/h9-11H,3-8H2,1-2H3. The van der Waals surface area contributed by atoms with Crippen molar-refractivity contribution < 1.29 is 13.5 Å². The van der Waals surface area contributed by atoms with E-state index in [0.29, 0.717) is 18.9 Å². The summed E-state index contributed by atoms with van der Waals surface area (Å²) in [5.41, 5.74) is 0. The third-order valence-electron chi connectivity index (χ3n) is 1.85. The van der Waals surface area contributed by atoms with Gasteiger partial charge in [0, 0.05) is 13.2 Å². The van der Waals surface area contributed by atoms with Crippen LogP contribution in [0, 0.1) is 5.92 Å². The van der Waals surface area contributed by atoms with Crippen LogP contribution in [0.25, 0.3) is 0 Å². The quantitative estimate of drug-likeness (QED) is 0.596. The van der Waals surface area contributed by atoms with E-state index in [9.17, 15) is 8.42 Å². The van der Waals surface area contributed by atoms with Gasteiger partial charge >= 0.3 is 0 Å². The molecule has 0 amide bonds. The molecule has 0 heterocycles. The summed E-state index contributed by atoms with van der Waals surface area (Å²) in [5.74, 6) is 0.627. The molecule has 0 rings (SSSR count). The number of hydrogen-bond acceptors (Lipinski definition) is 3. The Kier molecular flexibility index (Phi) is 7.13. The second-order valence-corrected chi connectivity index (χ2v) is 5.75. The molecule has 0 radical (unpaired) electrons. The molecule has 0 spiro atoms. The van der Waals surface area contributed by atoms with Gasteiger partial charge in [-0.05, 0) is 25.2 Å². The molecule has 5 heteroatoms. The molecule has 14 heavy (non-hydrogen) atoms. The van der Waals surface area contributed by atoms with Gasteiger partial charge in [-0.2, -0.15) is 0 Å². The second kappa shape index (κ2) is 7.20. The number of hydrogen-bond donors (Lipinski definition) is 2. The smallest absolute Gasteiger partial charge is 0.211 e. The van der Waals surface area contributed by atoms with E-state index in [1.165, 1.54) is 0 Å². The van der Waals surface area contributed by atoms with Crippen molar-refractivity contribution in [1.82, 2.24) is 4.72 Å². The maximum absolute atomic E-state index is 11.2. The Bertz CT molecular complexity index is 224. The van der Waals surface area contributed by atoms with E-state index in [0.717, 1.165) is 12.8 Å². The van der Waals surface area contributed by atoms with Gasteiger partial charge in [-0.15, -0.1) is 0 Å². The average molecular weight is 223 g/mol. The van der Waals surface area contributed by atoms with Crippen molar-refractivity contribution in [2.75, 3.05) is 18.9 Å². The highest BCUT2D eigenvalue weighted by Gasteiger charge is 2.08. The number of aliphatic hydroxyl groups excluding tert-OH is 1. The Hall–Kier alpha value is -0.130. The van der Waals surface area contributed by atoms with Gasteiger partial charge in [0.2, 0.25) is 10.0 Å². The van der Waals surface area contributed by atoms with Gasteiger partial charge in [-0.25, -0.2) is 13.1 Å². The summed E-state index contributed by atoms with van der Waals surface area (Å²) < 4.78 is 24.9. The molecule has 0 saturated heterocycles. The molecular weight excluding hydrogens is 202 g/mol. The van der Waals surface area contributed by atoms with Crippen molar-refractivity contribution in [1.29, 1.82) is 0 Å². The lowest BCUT2D eigenvalue weighted by Crippen LogP contribution is -2.27. The zero-order valence-corrected chi connectivity index (χ0v) is 9.81. The number of aliphatic hydroxyl groups is 1. The maximum atomic E-state index is 11.2. The molecule has 0 aromatic rings. The first-order valence-electron chi connectivity index (χ1n) is 5.06. The van der Waals surface area contributed by atoms with Crippen molar-refractivity contribution in [3.63, 3.8) is 0 Å². The minimum Gasteiger partial charge on any atom is -0.396 e. The largest absolute Gasteiger partial charge is 0.396 e. The van der Waals surface area contributed by atoms with Gasteiger partial charge in [0.15, 0.2) is 0 Å². The van der Waals surface area contributed by atoms with E-state index in [1.807, 2.05) is 0 Å². The van der Waals surface area contributed by atoms with Crippen LogP contribution in [0.4, 0.5) is 0 Å². The summed E-state index contributed by atoms with van der Waals surface area (Å²) in [7, 11) is -3.15. The van der Waals surface area contributed by atoms with Crippen molar-refractivity contribution in [2.24, 2.45) is 5.92 Å². The zero-order chi connectivity index (χ0) is 11.0. The third kappa shape index (κ3) is 8.47. The zero-order valence-electron chi connectivity index (χ0n) is 8.99. The first-order chi connectivity index (χ1) is 6.48. The van der Waals surface area contributed by atoms with E-state index in [2.05, 4.69) is 18.6 Å². The summed E-state index contributed by atoms with van der Waals surface area (Å²) in [4.78, 5) is 0. The van der Waals surface area contributed by atoms with Crippen LogP contribution in [0.5, 0.6) is 0 Å². The van der Waals surface area contributed by atoms with E-state index in [4.69, 9.17) is 5.11 Å². The average Bonchev–Trinajstić information content (AvgIpc) is 2.09. The van der Waals surface area contributed by atoms with Gasteiger partial charge in [0.25, 0.3) is 0 Å². The highest BCUT2D eigenvalue weighted by atomic mass is 32.2. The van der Waals surface area contributed by atoms with Crippen LogP contribution in [0.2, 0.25) is 0 Å². The van der Waals surface area contributed by atoms with Crippen LogP contribution >= 0.6 is 0 Å². The van der Waals surface area contributed by atoms with Gasteiger partial charge in [0.05, 0.1) is 5.75 Å². The lowest BCUT2D eigenvalue weighted by atomic mass is 10.1. The predicted molar refractivity (Wildman–Crippen MR) is 57.6 cm³/mol. The van der Waals surface area contributed by atoms with Gasteiger partial charge in [-0.1, -0.05) is 13.8 Å². The van der Waals surface area contributed by atoms with Crippen molar-refractivity contribution in [3.8, 4) is 0 Å². The van der Waals surface area contributed by atoms with E-state index in [1.54, 1.807) is 0 Å². The third-order valence-corrected chi connectivity index (χ3v) is 3.32. The lowest BCUT2D eigenvalue weighted by Gasteiger charge is -2.07. The molecule has 0 aliphatic heterocycles. The fourth-order valence-electron chi connectivity index (χ4n) is 1.06. The minimum atomic E-state index is -3.15. The molecule has 0 unspecified atom stereocenters. The van der Waals surface area contributed by atoms with Crippen LogP contribution in [-0.4, -0.2) is 32.4 Å². The molecule has 4 nitrogen and oxygen atoms in total. The monoisotopic (exact) mass is 223 g/mol. The molecule has 0 aliphatic carbocycles. The maximum Gasteiger partial charge on any atom is 0.211 e. The molecule has 0 bridgehead atoms. The van der Waals surface area contributed by atoms with Crippen LogP contribution in [-0.2, 0) is 10.0 Å². The molecule has 0 atom stereocenters. The predicted octanol–water partition coefficient (Wildman–Crippen LogP) is 0.724. The Labute approximate surface area is 86.8 Å². The second-order valence-electron chi connectivity index (χ2n) is 3.83. The fraction of sp³-hybridized carbons (Fsp3) is 1.00. The van der Waals surface area contributed by atoms with Crippen molar-refractivity contribution in [3.05, 3.63) is 0 Å². The molecule has 0 aromatic heterocycles. The highest BCUT2D eigenvalue weighted by molar-refractivity contribution is 7.89. The molecule has 0 aliphatic rings. The summed E-state index contributed by atoms with van der Waals surface area (Å²) >= 11 is 0. The van der Waals surface area contributed by atoms with E-state index < -0.39 is 10.0 Å². The first kappa shape index (κ1) is 13.9. The molecule has 86 valence electrons. The van der Waals surface area contributed by atoms with Crippen LogP contribution in [0.3, 0.4) is 0 Å². The van der Waals surface area contributed by atoms with Crippen LogP contribution < -0.4 is 4.72 Å². The van der Waals surface area contributed by atoms with Crippen molar-refractivity contribution in [2.45, 2.75) is 33.1 Å². The first-order valence-corrected chi connectivity index (χ1v) is 6.71. The Morgan fingerprint density at radius 2 is 1.93 bits per heavy atom. The molecule has 2 N–H and O–H groups in total. The van der Waals surface area contributed by atoms with Gasteiger partial charge in [-0.3, -0.25) is 0 Å². The molecule has 0 fully saturated rings. The van der Waals surface area contributed by atoms with E-state index in [-0.39, 0.29) is 12.4 Å². The normalized spacial score (nSPS) is 12.3. The highest BCUT2D eigenvalue weighted by Crippen LogP contribution is 2.02.